The molecule has 0 aliphatic heterocycles. The Labute approximate surface area is 112 Å². The summed E-state index contributed by atoms with van der Waals surface area (Å²) in [6, 6.07) is 3.07. The maximum Gasteiger partial charge on any atom is 0.140 e. The molecule has 92 valence electrons. The standard InChI is InChI=1S/C11H15Cl2NO.ClH/c1-11(2,3)10(14)6-4-5-7(12)8(13)9(6)15;/h4-5,10,15H,14H2,1-3H3;1H/t10-;/m1./s1. The Morgan fingerprint density at radius 3 is 2.19 bits per heavy atom. The first-order chi connectivity index (χ1) is 6.75. The van der Waals surface area contributed by atoms with Gasteiger partial charge in [-0.2, -0.15) is 0 Å². The van der Waals surface area contributed by atoms with E-state index in [4.69, 9.17) is 28.9 Å². The van der Waals surface area contributed by atoms with E-state index in [-0.39, 0.29) is 34.6 Å². The highest BCUT2D eigenvalue weighted by molar-refractivity contribution is 6.43. The van der Waals surface area contributed by atoms with Gasteiger partial charge in [0, 0.05) is 11.6 Å². The van der Waals surface area contributed by atoms with Crippen LogP contribution >= 0.6 is 35.6 Å². The van der Waals surface area contributed by atoms with Gasteiger partial charge in [-0.15, -0.1) is 12.4 Å². The third-order valence-corrected chi connectivity index (χ3v) is 3.16. The predicted octanol–water partition coefficient (Wildman–Crippen LogP) is 4.17. The van der Waals surface area contributed by atoms with Gasteiger partial charge in [-0.25, -0.2) is 0 Å². The Balaban J connectivity index is 0.00000225. The lowest BCUT2D eigenvalue weighted by Crippen LogP contribution is -2.26. The third kappa shape index (κ3) is 3.17. The van der Waals surface area contributed by atoms with Crippen LogP contribution < -0.4 is 5.73 Å². The highest BCUT2D eigenvalue weighted by Gasteiger charge is 2.26. The van der Waals surface area contributed by atoms with Gasteiger partial charge >= 0.3 is 0 Å². The van der Waals surface area contributed by atoms with Crippen molar-refractivity contribution in [1.29, 1.82) is 0 Å². The summed E-state index contributed by atoms with van der Waals surface area (Å²) in [5.41, 5.74) is 6.51. The van der Waals surface area contributed by atoms with Crippen molar-refractivity contribution in [3.8, 4) is 5.75 Å². The van der Waals surface area contributed by atoms with Crippen molar-refractivity contribution in [1.82, 2.24) is 0 Å². The summed E-state index contributed by atoms with van der Waals surface area (Å²) in [6.45, 7) is 6.00. The van der Waals surface area contributed by atoms with Crippen molar-refractivity contribution in [3.63, 3.8) is 0 Å². The van der Waals surface area contributed by atoms with E-state index in [9.17, 15) is 5.11 Å². The molecule has 2 nitrogen and oxygen atoms in total. The molecule has 0 radical (unpaired) electrons. The molecule has 1 aromatic rings. The van der Waals surface area contributed by atoms with E-state index in [2.05, 4.69) is 0 Å². The minimum Gasteiger partial charge on any atom is -0.506 e. The number of phenolic OH excluding ortho intramolecular Hbond substituents is 1. The van der Waals surface area contributed by atoms with E-state index in [0.29, 0.717) is 10.6 Å². The number of hydrogen-bond acceptors (Lipinski definition) is 2. The molecule has 3 N–H and O–H groups in total. The molecule has 0 aromatic heterocycles. The van der Waals surface area contributed by atoms with Gasteiger partial charge in [-0.3, -0.25) is 0 Å². The number of nitrogens with two attached hydrogens (primary N) is 1. The molecule has 1 rings (SSSR count). The zero-order valence-corrected chi connectivity index (χ0v) is 11.7. The van der Waals surface area contributed by atoms with Crippen molar-refractivity contribution in [3.05, 3.63) is 27.7 Å². The van der Waals surface area contributed by atoms with Crippen molar-refractivity contribution in [2.75, 3.05) is 0 Å². The van der Waals surface area contributed by atoms with Gasteiger partial charge in [0.1, 0.15) is 10.8 Å². The molecule has 5 heteroatoms. The van der Waals surface area contributed by atoms with Crippen molar-refractivity contribution < 1.29 is 5.11 Å². The number of aromatic hydroxyl groups is 1. The molecule has 0 unspecified atom stereocenters. The average Bonchev–Trinajstić information content (AvgIpc) is 2.12. The quantitative estimate of drug-likeness (QED) is 0.813. The Hall–Kier alpha value is -0.150. The number of rotatable bonds is 1. The lowest BCUT2D eigenvalue weighted by molar-refractivity contribution is 0.318. The monoisotopic (exact) mass is 283 g/mol. The maximum atomic E-state index is 9.82. The molecule has 0 saturated heterocycles. The second-order valence-electron chi connectivity index (χ2n) is 4.64. The summed E-state index contributed by atoms with van der Waals surface area (Å²) in [4.78, 5) is 0. The summed E-state index contributed by atoms with van der Waals surface area (Å²) in [5.74, 6) is -0.0217. The lowest BCUT2D eigenvalue weighted by Gasteiger charge is -2.28. The van der Waals surface area contributed by atoms with Crippen LogP contribution in [0.25, 0.3) is 0 Å². The Kier molecular flexibility index (Phi) is 5.40. The highest BCUT2D eigenvalue weighted by Crippen LogP contribution is 2.41. The lowest BCUT2D eigenvalue weighted by atomic mass is 9.83. The first kappa shape index (κ1) is 15.9. The van der Waals surface area contributed by atoms with Crippen LogP contribution in [-0.2, 0) is 0 Å². The van der Waals surface area contributed by atoms with Crippen LogP contribution in [0.1, 0.15) is 32.4 Å². The van der Waals surface area contributed by atoms with E-state index in [1.165, 1.54) is 0 Å². The van der Waals surface area contributed by atoms with E-state index in [0.717, 1.165) is 0 Å². The minimum atomic E-state index is -0.285. The van der Waals surface area contributed by atoms with Crippen molar-refractivity contribution >= 4 is 35.6 Å². The average molecular weight is 285 g/mol. The fourth-order valence-corrected chi connectivity index (χ4v) is 1.60. The van der Waals surface area contributed by atoms with Gasteiger partial charge in [-0.05, 0) is 11.5 Å². The van der Waals surface area contributed by atoms with E-state index in [1.54, 1.807) is 12.1 Å². The summed E-state index contributed by atoms with van der Waals surface area (Å²) in [7, 11) is 0. The molecule has 0 amide bonds. The fraction of sp³-hybridized carbons (Fsp3) is 0.455. The second-order valence-corrected chi connectivity index (χ2v) is 5.43. The SMILES string of the molecule is CC(C)(C)[C@H](N)c1ccc(Cl)c(Cl)c1O.Cl. The smallest absolute Gasteiger partial charge is 0.140 e. The van der Waals surface area contributed by atoms with E-state index in [1.807, 2.05) is 20.8 Å². The summed E-state index contributed by atoms with van der Waals surface area (Å²) < 4.78 is 0. The molecule has 1 aromatic carbocycles. The Morgan fingerprint density at radius 1 is 1.25 bits per heavy atom. The second kappa shape index (κ2) is 5.46. The summed E-state index contributed by atoms with van der Waals surface area (Å²) >= 11 is 11.6. The molecule has 1 atom stereocenters. The molecule has 0 saturated carbocycles. The highest BCUT2D eigenvalue weighted by atomic mass is 35.5. The van der Waals surface area contributed by atoms with Crippen molar-refractivity contribution in [2.24, 2.45) is 11.1 Å². The van der Waals surface area contributed by atoms with E-state index >= 15 is 0 Å². The predicted molar refractivity (Wildman–Crippen MR) is 71.8 cm³/mol. The van der Waals surface area contributed by atoms with Crippen LogP contribution in [0.15, 0.2) is 12.1 Å². The molecule has 0 fully saturated rings. The topological polar surface area (TPSA) is 46.2 Å². The van der Waals surface area contributed by atoms with Crippen LogP contribution in [0.3, 0.4) is 0 Å². The molecule has 0 spiro atoms. The van der Waals surface area contributed by atoms with Crippen molar-refractivity contribution in [2.45, 2.75) is 26.8 Å². The summed E-state index contributed by atoms with van der Waals surface area (Å²) in [6.07, 6.45) is 0. The molecule has 0 aliphatic rings. The van der Waals surface area contributed by atoms with Gasteiger partial charge in [0.05, 0.1) is 5.02 Å². The molecular weight excluding hydrogens is 268 g/mol. The molecule has 0 bridgehead atoms. The van der Waals surface area contributed by atoms with Crippen LogP contribution in [0, 0.1) is 5.41 Å². The van der Waals surface area contributed by atoms with E-state index < -0.39 is 0 Å². The summed E-state index contributed by atoms with van der Waals surface area (Å²) in [5, 5.41) is 10.3. The number of hydrogen-bond donors (Lipinski definition) is 2. The zero-order valence-electron chi connectivity index (χ0n) is 9.42. The Bertz CT molecular complexity index is 374. The molecule has 0 heterocycles. The number of benzene rings is 1. The third-order valence-electron chi connectivity index (χ3n) is 2.37. The van der Waals surface area contributed by atoms with Gasteiger partial charge < -0.3 is 10.8 Å². The van der Waals surface area contributed by atoms with Crippen LogP contribution in [0.5, 0.6) is 5.75 Å². The molecular formula is C11H16Cl3NO. The minimum absolute atomic E-state index is 0. The first-order valence-corrected chi connectivity index (χ1v) is 5.43. The van der Waals surface area contributed by atoms with Crippen LogP contribution in [-0.4, -0.2) is 5.11 Å². The normalized spacial score (nSPS) is 13.1. The van der Waals surface area contributed by atoms with Crippen LogP contribution in [0.2, 0.25) is 10.0 Å². The van der Waals surface area contributed by atoms with Gasteiger partial charge in [0.2, 0.25) is 0 Å². The largest absolute Gasteiger partial charge is 0.506 e. The van der Waals surface area contributed by atoms with Crippen LogP contribution in [0.4, 0.5) is 0 Å². The Morgan fingerprint density at radius 2 is 1.75 bits per heavy atom. The first-order valence-electron chi connectivity index (χ1n) is 4.67. The number of halogens is 3. The molecule has 16 heavy (non-hydrogen) atoms. The molecule has 0 aliphatic carbocycles. The number of phenols is 1. The van der Waals surface area contributed by atoms with Gasteiger partial charge in [0.25, 0.3) is 0 Å². The zero-order chi connectivity index (χ0) is 11.8. The van der Waals surface area contributed by atoms with Gasteiger partial charge in [0.15, 0.2) is 0 Å². The fourth-order valence-electron chi connectivity index (χ4n) is 1.27. The van der Waals surface area contributed by atoms with Gasteiger partial charge in [-0.1, -0.05) is 50.0 Å². The maximum absolute atomic E-state index is 9.82.